The fourth-order valence-electron chi connectivity index (χ4n) is 1.47. The van der Waals surface area contributed by atoms with Crippen molar-refractivity contribution < 1.29 is 13.6 Å². The molecule has 0 aliphatic carbocycles. The molecule has 5 heteroatoms. The summed E-state index contributed by atoms with van der Waals surface area (Å²) >= 11 is 0. The van der Waals surface area contributed by atoms with Crippen molar-refractivity contribution >= 4 is 11.6 Å². The Bertz CT molecular complexity index is 555. The Kier molecular flexibility index (Phi) is 3.62. The summed E-state index contributed by atoms with van der Waals surface area (Å²) in [6.07, 6.45) is 2.50. The van der Waals surface area contributed by atoms with Crippen LogP contribution in [0.3, 0.4) is 0 Å². The number of nitrogens with zero attached hydrogens (tertiary/aromatic N) is 1. The molecule has 2 aromatic rings. The molecule has 0 radical (unpaired) electrons. The molecule has 0 saturated carbocycles. The third-order valence-corrected chi connectivity index (χ3v) is 2.27. The Morgan fingerprint density at radius 1 is 1.11 bits per heavy atom. The highest BCUT2D eigenvalue weighted by Crippen LogP contribution is 2.09. The van der Waals surface area contributed by atoms with Crippen LogP contribution in [0.1, 0.15) is 5.56 Å². The van der Waals surface area contributed by atoms with Crippen LogP contribution in [-0.4, -0.2) is 10.9 Å². The molecule has 1 aromatic heterocycles. The van der Waals surface area contributed by atoms with Gasteiger partial charge in [0.05, 0.1) is 24.5 Å². The van der Waals surface area contributed by atoms with E-state index in [-0.39, 0.29) is 18.1 Å². The first-order chi connectivity index (χ1) is 8.63. The van der Waals surface area contributed by atoms with Crippen LogP contribution in [0.25, 0.3) is 0 Å². The summed E-state index contributed by atoms with van der Waals surface area (Å²) in [5, 5.41) is 2.51. The van der Waals surface area contributed by atoms with Crippen LogP contribution >= 0.6 is 0 Å². The van der Waals surface area contributed by atoms with Gasteiger partial charge in [-0.25, -0.2) is 8.78 Å². The van der Waals surface area contributed by atoms with Gasteiger partial charge in [0.1, 0.15) is 11.6 Å². The lowest BCUT2D eigenvalue weighted by Crippen LogP contribution is -2.14. The number of benzene rings is 1. The van der Waals surface area contributed by atoms with Gasteiger partial charge >= 0.3 is 0 Å². The number of carbonyl (C=O) groups is 1. The maximum absolute atomic E-state index is 12.8. The molecule has 1 aromatic carbocycles. The largest absolute Gasteiger partial charge is 0.324 e. The highest BCUT2D eigenvalue weighted by Gasteiger charge is 2.05. The third kappa shape index (κ3) is 3.35. The lowest BCUT2D eigenvalue weighted by Gasteiger charge is -2.04. The number of amides is 1. The van der Waals surface area contributed by atoms with Gasteiger partial charge in [-0.15, -0.1) is 0 Å². The zero-order valence-corrected chi connectivity index (χ0v) is 9.36. The van der Waals surface area contributed by atoms with E-state index in [1.54, 1.807) is 0 Å². The number of carbonyl (C=O) groups excluding carboxylic acids is 1. The smallest absolute Gasteiger partial charge is 0.228 e. The highest BCUT2D eigenvalue weighted by molar-refractivity contribution is 5.92. The van der Waals surface area contributed by atoms with Crippen molar-refractivity contribution in [3.05, 3.63) is 59.9 Å². The van der Waals surface area contributed by atoms with Crippen LogP contribution in [0.5, 0.6) is 0 Å². The van der Waals surface area contributed by atoms with Crippen molar-refractivity contribution in [2.75, 3.05) is 5.32 Å². The van der Waals surface area contributed by atoms with Gasteiger partial charge in [-0.3, -0.25) is 9.78 Å². The Morgan fingerprint density at radius 3 is 2.50 bits per heavy atom. The third-order valence-electron chi connectivity index (χ3n) is 2.27. The van der Waals surface area contributed by atoms with Gasteiger partial charge in [-0.05, 0) is 17.7 Å². The Balaban J connectivity index is 1.98. The van der Waals surface area contributed by atoms with E-state index in [4.69, 9.17) is 0 Å². The lowest BCUT2D eigenvalue weighted by atomic mass is 10.1. The second-order valence-corrected chi connectivity index (χ2v) is 3.74. The number of anilines is 1. The van der Waals surface area contributed by atoms with Gasteiger partial charge in [-0.1, -0.05) is 12.1 Å². The molecular formula is C13H10F2N2O. The zero-order valence-electron chi connectivity index (χ0n) is 9.36. The summed E-state index contributed by atoms with van der Waals surface area (Å²) in [5.41, 5.74) is 0.973. The molecule has 0 spiro atoms. The second kappa shape index (κ2) is 5.35. The van der Waals surface area contributed by atoms with Gasteiger partial charge in [0, 0.05) is 6.07 Å². The van der Waals surface area contributed by atoms with Crippen LogP contribution in [0.4, 0.5) is 14.5 Å². The number of halogens is 2. The van der Waals surface area contributed by atoms with Crippen LogP contribution < -0.4 is 5.32 Å². The average molecular weight is 248 g/mol. The normalized spacial score (nSPS) is 10.1. The predicted octanol–water partition coefficient (Wildman–Crippen LogP) is 2.54. The van der Waals surface area contributed by atoms with E-state index < -0.39 is 5.82 Å². The summed E-state index contributed by atoms with van der Waals surface area (Å²) in [6.45, 7) is 0. The number of hydrogen-bond acceptors (Lipinski definition) is 2. The van der Waals surface area contributed by atoms with Gasteiger partial charge in [0.25, 0.3) is 0 Å². The molecule has 3 nitrogen and oxygen atoms in total. The zero-order chi connectivity index (χ0) is 13.0. The van der Waals surface area contributed by atoms with Crippen molar-refractivity contribution in [2.45, 2.75) is 6.42 Å². The quantitative estimate of drug-likeness (QED) is 0.906. The molecule has 92 valence electrons. The van der Waals surface area contributed by atoms with Crippen molar-refractivity contribution in [1.82, 2.24) is 4.98 Å². The summed E-state index contributed by atoms with van der Waals surface area (Å²) < 4.78 is 25.5. The van der Waals surface area contributed by atoms with Gasteiger partial charge in [-0.2, -0.15) is 0 Å². The van der Waals surface area contributed by atoms with Crippen molar-refractivity contribution in [3.8, 4) is 0 Å². The molecule has 18 heavy (non-hydrogen) atoms. The molecule has 2 rings (SSSR count). The van der Waals surface area contributed by atoms with Gasteiger partial charge in [0.15, 0.2) is 0 Å². The molecule has 0 bridgehead atoms. The average Bonchev–Trinajstić information content (AvgIpc) is 2.32. The van der Waals surface area contributed by atoms with E-state index in [0.717, 1.165) is 6.20 Å². The second-order valence-electron chi connectivity index (χ2n) is 3.74. The van der Waals surface area contributed by atoms with E-state index in [2.05, 4.69) is 10.3 Å². The fourth-order valence-corrected chi connectivity index (χ4v) is 1.47. The van der Waals surface area contributed by atoms with Crippen molar-refractivity contribution in [1.29, 1.82) is 0 Å². The van der Waals surface area contributed by atoms with E-state index in [1.165, 1.54) is 36.5 Å². The monoisotopic (exact) mass is 248 g/mol. The van der Waals surface area contributed by atoms with Gasteiger partial charge in [0.2, 0.25) is 5.91 Å². The standard InChI is InChI=1S/C13H10F2N2O/c14-10-3-1-9(2-4-10)5-13(18)17-12-6-11(15)7-16-8-12/h1-4,6-8H,5H2,(H,17,18). The van der Waals surface area contributed by atoms with E-state index in [0.29, 0.717) is 11.3 Å². The molecule has 1 heterocycles. The maximum atomic E-state index is 12.8. The predicted molar refractivity (Wildman–Crippen MR) is 62.9 cm³/mol. The first-order valence-corrected chi connectivity index (χ1v) is 5.28. The SMILES string of the molecule is O=C(Cc1ccc(F)cc1)Nc1cncc(F)c1. The molecule has 1 amide bonds. The molecule has 0 fully saturated rings. The molecule has 0 unspecified atom stereocenters. The highest BCUT2D eigenvalue weighted by atomic mass is 19.1. The molecular weight excluding hydrogens is 238 g/mol. The number of hydrogen-bond donors (Lipinski definition) is 1. The van der Waals surface area contributed by atoms with Crippen LogP contribution in [0.15, 0.2) is 42.7 Å². The van der Waals surface area contributed by atoms with Crippen molar-refractivity contribution in [3.63, 3.8) is 0 Å². The molecule has 0 aliphatic rings. The number of pyridine rings is 1. The van der Waals surface area contributed by atoms with Crippen LogP contribution in [0.2, 0.25) is 0 Å². The molecule has 0 aliphatic heterocycles. The van der Waals surface area contributed by atoms with E-state index >= 15 is 0 Å². The summed E-state index contributed by atoms with van der Waals surface area (Å²) in [5.74, 6) is -1.18. The first kappa shape index (κ1) is 12.2. The number of nitrogens with one attached hydrogen (secondary N) is 1. The summed E-state index contributed by atoms with van der Waals surface area (Å²) in [7, 11) is 0. The summed E-state index contributed by atoms with van der Waals surface area (Å²) in [4.78, 5) is 15.2. The first-order valence-electron chi connectivity index (χ1n) is 5.28. The minimum absolute atomic E-state index is 0.0940. The lowest BCUT2D eigenvalue weighted by molar-refractivity contribution is -0.115. The Hall–Kier alpha value is -2.30. The fraction of sp³-hybridized carbons (Fsp3) is 0.0769. The number of aromatic nitrogens is 1. The Morgan fingerprint density at radius 2 is 1.83 bits per heavy atom. The van der Waals surface area contributed by atoms with E-state index in [1.807, 2.05) is 0 Å². The minimum atomic E-state index is -0.519. The number of rotatable bonds is 3. The topological polar surface area (TPSA) is 42.0 Å². The molecule has 0 atom stereocenters. The minimum Gasteiger partial charge on any atom is -0.324 e. The van der Waals surface area contributed by atoms with Crippen molar-refractivity contribution in [2.24, 2.45) is 0 Å². The van der Waals surface area contributed by atoms with Crippen LogP contribution in [0, 0.1) is 11.6 Å². The Labute approximate surface area is 102 Å². The molecule has 0 saturated heterocycles. The van der Waals surface area contributed by atoms with Gasteiger partial charge < -0.3 is 5.32 Å². The van der Waals surface area contributed by atoms with E-state index in [9.17, 15) is 13.6 Å². The maximum Gasteiger partial charge on any atom is 0.228 e. The molecule has 1 N–H and O–H groups in total. The van der Waals surface area contributed by atoms with Crippen LogP contribution in [-0.2, 0) is 11.2 Å². The summed E-state index contributed by atoms with van der Waals surface area (Å²) in [6, 6.07) is 6.80.